The third kappa shape index (κ3) is 113. The first-order chi connectivity index (χ1) is 2.41. The van der Waals surface area contributed by atoms with Gasteiger partial charge in [0.2, 0.25) is 0 Å². The van der Waals surface area contributed by atoms with Gasteiger partial charge < -0.3 is 0 Å². The van der Waals surface area contributed by atoms with E-state index >= 15 is 0 Å². The van der Waals surface area contributed by atoms with Crippen LogP contribution in [0.15, 0.2) is 0 Å². The summed E-state index contributed by atoms with van der Waals surface area (Å²) < 4.78 is 7.88. The molecule has 0 saturated heterocycles. The quantitative estimate of drug-likeness (QED) is 0.234. The topological polar surface area (TPSA) is 71.2 Å². The van der Waals surface area contributed by atoms with Crippen LogP contribution in [0.2, 0.25) is 0 Å². The Kier molecular flexibility index (Phi) is 98.3. The summed E-state index contributed by atoms with van der Waals surface area (Å²) in [5, 5.41) is 8.38. The molecule has 34 valence electrons. The third-order valence-electron chi connectivity index (χ3n) is 0. The Hall–Kier alpha value is -0.306. The van der Waals surface area contributed by atoms with Crippen LogP contribution in [0.5, 0.6) is 0 Å². The average Bonchev–Trinajstić information content (AvgIpc) is 1.46. The van der Waals surface area contributed by atoms with E-state index in [2.05, 4.69) is 15.4 Å². The number of hydrogen-bond donors (Lipinski definition) is 1. The third-order valence-corrected chi connectivity index (χ3v) is 0. The molecule has 0 fully saturated rings. The first-order valence-corrected chi connectivity index (χ1v) is 0.941. The van der Waals surface area contributed by atoms with Crippen molar-refractivity contribution in [2.45, 2.75) is 0 Å². The Morgan fingerprint density at radius 3 is 1.60 bits per heavy atom. The molecular formula is HNNiO3. The van der Waals surface area contributed by atoms with Crippen LogP contribution in [-0.4, -0.2) is 0 Å². The molecule has 0 aromatic carbocycles. The molecule has 0 atom stereocenters. The second-order valence-electron chi connectivity index (χ2n) is 0.0833. The summed E-state index contributed by atoms with van der Waals surface area (Å²) >= 11 is 2.62. The first-order valence-electron chi connectivity index (χ1n) is 0.537. The molecule has 0 aliphatic rings. The molecule has 0 aromatic heterocycles. The van der Waals surface area contributed by atoms with Gasteiger partial charge in [-0.15, -0.1) is 0 Å². The van der Waals surface area contributed by atoms with Crippen molar-refractivity contribution in [3.8, 4) is 0 Å². The maximum atomic E-state index is 8.12. The van der Waals surface area contributed by atoms with Gasteiger partial charge in [0, 0.05) is 5.34 Å². The minimum atomic E-state index is 0.250. The first kappa shape index (κ1) is 8.83. The molecule has 0 radical (unpaired) electrons. The van der Waals surface area contributed by atoms with Crippen LogP contribution in [0.4, 0.5) is 0 Å². The van der Waals surface area contributed by atoms with Crippen LogP contribution in [0.3, 0.4) is 0 Å². The van der Waals surface area contributed by atoms with Crippen molar-refractivity contribution < 1.29 is 24.6 Å². The van der Waals surface area contributed by atoms with Gasteiger partial charge in [0.25, 0.3) is 0 Å². The van der Waals surface area contributed by atoms with Gasteiger partial charge in [-0.3, -0.25) is 10.1 Å². The zero-order valence-electron chi connectivity index (χ0n) is 2.04. The molecule has 5 heteroatoms. The summed E-state index contributed by atoms with van der Waals surface area (Å²) in [7, 11) is 0. The van der Waals surface area contributed by atoms with E-state index in [4.69, 9.17) is 14.0 Å². The molecule has 0 rings (SSSR count). The van der Waals surface area contributed by atoms with Crippen molar-refractivity contribution in [3.05, 3.63) is 10.1 Å². The predicted octanol–water partition coefficient (Wildman–Crippen LogP) is -1.79. The Morgan fingerprint density at radius 1 is 1.60 bits per heavy atom. The SMILES string of the molecule is O=[NH+][O-].[O]=[Ni]. The summed E-state index contributed by atoms with van der Waals surface area (Å²) in [6.07, 6.45) is 0. The van der Waals surface area contributed by atoms with Gasteiger partial charge in [0.1, 0.15) is 0 Å². The molecule has 0 unspecified atom stereocenters. The molecule has 1 N–H and O–H groups in total. The van der Waals surface area contributed by atoms with E-state index in [1.165, 1.54) is 0 Å². The monoisotopic (exact) mass is 121 g/mol. The molecule has 0 aliphatic carbocycles. The van der Waals surface area contributed by atoms with Crippen LogP contribution >= 0.6 is 0 Å². The van der Waals surface area contributed by atoms with Gasteiger partial charge >= 0.3 is 19.3 Å². The van der Waals surface area contributed by atoms with E-state index in [1.54, 1.807) is 0 Å². The Morgan fingerprint density at radius 2 is 1.60 bits per heavy atom. The van der Waals surface area contributed by atoms with Crippen LogP contribution in [0, 0.1) is 10.1 Å². The van der Waals surface area contributed by atoms with E-state index in [0.717, 1.165) is 0 Å². The summed E-state index contributed by atoms with van der Waals surface area (Å²) in [4.78, 5) is 8.12. The Bertz CT molecular complexity index is 20.9. The molecular weight excluding hydrogens is 121 g/mol. The van der Waals surface area contributed by atoms with Crippen LogP contribution in [0.1, 0.15) is 0 Å². The van der Waals surface area contributed by atoms with Crippen LogP contribution < -0.4 is 5.34 Å². The fourth-order valence-corrected chi connectivity index (χ4v) is 0. The number of hydrogen-bond acceptors (Lipinski definition) is 3. The number of rotatable bonds is 0. The van der Waals surface area contributed by atoms with E-state index in [9.17, 15) is 0 Å². The zero-order valence-corrected chi connectivity index (χ0v) is 3.03. The molecule has 0 spiro atoms. The summed E-state index contributed by atoms with van der Waals surface area (Å²) in [5.74, 6) is 0. The second kappa shape index (κ2) is 55.7. The van der Waals surface area contributed by atoms with Gasteiger partial charge in [0.05, 0.1) is 0 Å². The molecule has 0 amide bonds. The standard InChI is InChI=1S/HNO2.Ni.O/c2-1-3;;/h1H;;. The molecule has 5 heavy (non-hydrogen) atoms. The van der Waals surface area contributed by atoms with Gasteiger partial charge in [-0.05, 0) is 0 Å². The predicted molar refractivity (Wildman–Crippen MR) is 8.38 cm³/mol. The van der Waals surface area contributed by atoms with E-state index < -0.39 is 0 Å². The molecule has 0 aliphatic heterocycles. The molecule has 0 aromatic rings. The van der Waals surface area contributed by atoms with E-state index in [1.807, 2.05) is 0 Å². The van der Waals surface area contributed by atoms with E-state index in [0.29, 0.717) is 0 Å². The number of nitrogens with one attached hydrogen (secondary N) is 1. The van der Waals surface area contributed by atoms with Crippen molar-refractivity contribution in [1.82, 2.24) is 0 Å². The zero-order chi connectivity index (χ0) is 4.71. The van der Waals surface area contributed by atoms with Crippen LogP contribution in [-0.2, 0) is 19.3 Å². The van der Waals surface area contributed by atoms with Crippen LogP contribution in [0.25, 0.3) is 0 Å². The van der Waals surface area contributed by atoms with Gasteiger partial charge in [-0.1, -0.05) is 0 Å². The van der Waals surface area contributed by atoms with Gasteiger partial charge in [0.15, 0.2) is 0 Å². The minimum absolute atomic E-state index is 0.250. The summed E-state index contributed by atoms with van der Waals surface area (Å²) in [6.45, 7) is 0. The van der Waals surface area contributed by atoms with Crippen molar-refractivity contribution >= 4 is 0 Å². The van der Waals surface area contributed by atoms with Crippen molar-refractivity contribution in [3.63, 3.8) is 0 Å². The van der Waals surface area contributed by atoms with Gasteiger partial charge in [-0.2, -0.15) is 0 Å². The Balaban J connectivity index is 0. The van der Waals surface area contributed by atoms with Crippen molar-refractivity contribution in [2.75, 3.05) is 0 Å². The van der Waals surface area contributed by atoms with E-state index in [-0.39, 0.29) is 5.34 Å². The maximum absolute atomic E-state index is 8.12. The fourth-order valence-electron chi connectivity index (χ4n) is 0. The normalized spacial score (nSPS) is 3.60. The summed E-state index contributed by atoms with van der Waals surface area (Å²) in [6, 6.07) is 0. The fraction of sp³-hybridized carbons (Fsp3) is 0. The van der Waals surface area contributed by atoms with Crippen molar-refractivity contribution in [1.29, 1.82) is 0 Å². The molecule has 4 nitrogen and oxygen atoms in total. The second-order valence-corrected chi connectivity index (χ2v) is 0.0833. The van der Waals surface area contributed by atoms with Gasteiger partial charge in [-0.25, -0.2) is 0 Å². The van der Waals surface area contributed by atoms with Crippen molar-refractivity contribution in [2.24, 2.45) is 0 Å². The molecule has 0 saturated carbocycles. The average molecular weight is 122 g/mol. The molecule has 0 bridgehead atoms. The Labute approximate surface area is 35.7 Å². The summed E-state index contributed by atoms with van der Waals surface area (Å²) in [5.41, 5.74) is 0. The molecule has 0 heterocycles.